The van der Waals surface area contributed by atoms with Gasteiger partial charge >= 0.3 is 0 Å². The van der Waals surface area contributed by atoms with Crippen molar-refractivity contribution in [1.29, 1.82) is 0 Å². The van der Waals surface area contributed by atoms with Crippen molar-refractivity contribution in [1.82, 2.24) is 5.32 Å². The van der Waals surface area contributed by atoms with Crippen LogP contribution in [-0.2, 0) is 6.54 Å². The van der Waals surface area contributed by atoms with Crippen LogP contribution in [-0.4, -0.2) is 24.7 Å². The Labute approximate surface area is 112 Å². The normalized spacial score (nSPS) is 14.8. The Kier molecular flexibility index (Phi) is 5.32. The Morgan fingerprint density at radius 2 is 2.28 bits per heavy atom. The first-order chi connectivity index (χ1) is 8.79. The summed E-state index contributed by atoms with van der Waals surface area (Å²) in [7, 11) is 0. The number of thioether (sulfide) groups is 1. The molecule has 1 aliphatic rings. The van der Waals surface area contributed by atoms with Gasteiger partial charge in [-0.05, 0) is 49.5 Å². The van der Waals surface area contributed by atoms with E-state index in [-0.39, 0.29) is 5.82 Å². The summed E-state index contributed by atoms with van der Waals surface area (Å²) in [6, 6.07) is 5.39. The fourth-order valence-corrected chi connectivity index (χ4v) is 2.16. The van der Waals surface area contributed by atoms with Gasteiger partial charge in [-0.15, -0.1) is 0 Å². The van der Waals surface area contributed by atoms with Gasteiger partial charge in [0.1, 0.15) is 11.6 Å². The summed E-state index contributed by atoms with van der Waals surface area (Å²) in [5, 5.41) is 3.39. The Hall–Kier alpha value is -0.740. The minimum Gasteiger partial charge on any atom is -0.493 e. The highest BCUT2D eigenvalue weighted by Gasteiger charge is 2.20. The molecule has 0 aliphatic heterocycles. The second kappa shape index (κ2) is 7.00. The first-order valence-corrected chi connectivity index (χ1v) is 7.82. The molecule has 0 aromatic heterocycles. The zero-order valence-electron chi connectivity index (χ0n) is 10.7. The maximum Gasteiger partial charge on any atom is 0.123 e. The molecule has 2 nitrogen and oxygen atoms in total. The average Bonchev–Trinajstić information content (AvgIpc) is 3.18. The van der Waals surface area contributed by atoms with Crippen molar-refractivity contribution in [2.45, 2.75) is 31.8 Å². The van der Waals surface area contributed by atoms with Gasteiger partial charge in [-0.3, -0.25) is 0 Å². The molecular weight excluding hydrogens is 249 g/mol. The van der Waals surface area contributed by atoms with Crippen molar-refractivity contribution in [2.75, 3.05) is 18.6 Å². The van der Waals surface area contributed by atoms with Crippen LogP contribution in [0.15, 0.2) is 18.2 Å². The number of hydrogen-bond donors (Lipinski definition) is 1. The summed E-state index contributed by atoms with van der Waals surface area (Å²) in [5.74, 6) is 1.71. The van der Waals surface area contributed by atoms with Gasteiger partial charge in [0.2, 0.25) is 0 Å². The molecule has 0 amide bonds. The van der Waals surface area contributed by atoms with E-state index in [4.69, 9.17) is 4.74 Å². The molecule has 0 saturated heterocycles. The zero-order chi connectivity index (χ0) is 12.8. The summed E-state index contributed by atoms with van der Waals surface area (Å²) in [5.41, 5.74) is 0.922. The Balaban J connectivity index is 1.88. The van der Waals surface area contributed by atoms with Gasteiger partial charge in [0.15, 0.2) is 0 Å². The van der Waals surface area contributed by atoms with E-state index in [2.05, 4.69) is 11.6 Å². The summed E-state index contributed by atoms with van der Waals surface area (Å²) < 4.78 is 19.0. The van der Waals surface area contributed by atoms with E-state index in [0.29, 0.717) is 19.2 Å². The molecule has 2 rings (SSSR count). The fourth-order valence-electron chi connectivity index (χ4n) is 1.75. The lowest BCUT2D eigenvalue weighted by Gasteiger charge is -2.12. The van der Waals surface area contributed by atoms with E-state index in [1.807, 2.05) is 11.8 Å². The molecule has 0 unspecified atom stereocenters. The lowest BCUT2D eigenvalue weighted by Crippen LogP contribution is -2.16. The highest BCUT2D eigenvalue weighted by molar-refractivity contribution is 7.98. The highest BCUT2D eigenvalue weighted by Crippen LogP contribution is 2.23. The SMILES string of the molecule is CSCCCOc1ccc(F)cc1CNC1CC1. The standard InChI is InChI=1S/C14H20FNOS/c1-18-8-2-7-17-14-6-3-12(15)9-11(14)10-16-13-4-5-13/h3,6,9,13,16H,2,4-5,7-8,10H2,1H3. The number of halogens is 1. The number of rotatable bonds is 8. The Morgan fingerprint density at radius 3 is 3.00 bits per heavy atom. The average molecular weight is 269 g/mol. The van der Waals surface area contributed by atoms with Gasteiger partial charge < -0.3 is 10.1 Å². The van der Waals surface area contributed by atoms with Crippen molar-refractivity contribution in [2.24, 2.45) is 0 Å². The molecule has 0 heterocycles. The summed E-state index contributed by atoms with van der Waals surface area (Å²) >= 11 is 1.81. The van der Waals surface area contributed by atoms with Crippen molar-refractivity contribution in [3.63, 3.8) is 0 Å². The van der Waals surface area contributed by atoms with Crippen LogP contribution in [0.2, 0.25) is 0 Å². The Bertz CT molecular complexity index is 382. The van der Waals surface area contributed by atoms with Gasteiger partial charge in [0.25, 0.3) is 0 Å². The molecule has 100 valence electrons. The second-order valence-electron chi connectivity index (χ2n) is 4.60. The first-order valence-electron chi connectivity index (χ1n) is 6.43. The van der Waals surface area contributed by atoms with E-state index in [1.54, 1.807) is 12.1 Å². The minimum absolute atomic E-state index is 0.195. The number of ether oxygens (including phenoxy) is 1. The van der Waals surface area contributed by atoms with Crippen molar-refractivity contribution < 1.29 is 9.13 Å². The topological polar surface area (TPSA) is 21.3 Å². The van der Waals surface area contributed by atoms with Crippen molar-refractivity contribution >= 4 is 11.8 Å². The summed E-state index contributed by atoms with van der Waals surface area (Å²) in [4.78, 5) is 0. The van der Waals surface area contributed by atoms with Crippen molar-refractivity contribution in [3.8, 4) is 5.75 Å². The lowest BCUT2D eigenvalue weighted by molar-refractivity contribution is 0.314. The molecule has 0 atom stereocenters. The van der Waals surface area contributed by atoms with E-state index < -0.39 is 0 Å². The molecule has 1 aromatic rings. The van der Waals surface area contributed by atoms with Crippen LogP contribution in [0.25, 0.3) is 0 Å². The monoisotopic (exact) mass is 269 g/mol. The van der Waals surface area contributed by atoms with Crippen LogP contribution in [0.1, 0.15) is 24.8 Å². The summed E-state index contributed by atoms with van der Waals surface area (Å²) in [6.45, 7) is 1.39. The smallest absolute Gasteiger partial charge is 0.123 e. The Morgan fingerprint density at radius 1 is 1.44 bits per heavy atom. The maximum atomic E-state index is 13.2. The van der Waals surface area contributed by atoms with Crippen LogP contribution < -0.4 is 10.1 Å². The third-order valence-electron chi connectivity index (χ3n) is 2.93. The van der Waals surface area contributed by atoms with Crippen LogP contribution >= 0.6 is 11.8 Å². The maximum absolute atomic E-state index is 13.2. The third-order valence-corrected chi connectivity index (χ3v) is 3.63. The van der Waals surface area contributed by atoms with Crippen molar-refractivity contribution in [3.05, 3.63) is 29.6 Å². The number of nitrogens with one attached hydrogen (secondary N) is 1. The quantitative estimate of drug-likeness (QED) is 0.732. The molecule has 0 radical (unpaired) electrons. The largest absolute Gasteiger partial charge is 0.493 e. The molecule has 1 aliphatic carbocycles. The number of benzene rings is 1. The molecule has 1 fully saturated rings. The molecule has 0 spiro atoms. The van der Waals surface area contributed by atoms with Crippen LogP contribution in [0.5, 0.6) is 5.75 Å². The van der Waals surface area contributed by atoms with Gasteiger partial charge in [0.05, 0.1) is 6.61 Å². The van der Waals surface area contributed by atoms with E-state index in [1.165, 1.54) is 18.9 Å². The highest BCUT2D eigenvalue weighted by atomic mass is 32.2. The van der Waals surface area contributed by atoms with Crippen LogP contribution in [0.4, 0.5) is 4.39 Å². The minimum atomic E-state index is -0.195. The molecule has 1 N–H and O–H groups in total. The molecule has 0 bridgehead atoms. The number of hydrogen-bond acceptors (Lipinski definition) is 3. The van der Waals surface area contributed by atoms with Gasteiger partial charge in [-0.1, -0.05) is 0 Å². The van der Waals surface area contributed by atoms with Crippen LogP contribution in [0, 0.1) is 5.82 Å². The lowest BCUT2D eigenvalue weighted by atomic mass is 10.2. The molecule has 4 heteroatoms. The molecule has 18 heavy (non-hydrogen) atoms. The first kappa shape index (κ1) is 13.7. The molecular formula is C14H20FNOS. The van der Waals surface area contributed by atoms with Crippen LogP contribution in [0.3, 0.4) is 0 Å². The van der Waals surface area contributed by atoms with E-state index in [0.717, 1.165) is 23.5 Å². The molecule has 1 aromatic carbocycles. The predicted octanol–water partition coefficient (Wildman–Crippen LogP) is 3.21. The third kappa shape index (κ3) is 4.50. The second-order valence-corrected chi connectivity index (χ2v) is 5.59. The van der Waals surface area contributed by atoms with E-state index in [9.17, 15) is 4.39 Å². The summed E-state index contributed by atoms with van der Waals surface area (Å²) in [6.07, 6.45) is 5.58. The van der Waals surface area contributed by atoms with Gasteiger partial charge in [-0.2, -0.15) is 11.8 Å². The van der Waals surface area contributed by atoms with Gasteiger partial charge in [0, 0.05) is 18.2 Å². The zero-order valence-corrected chi connectivity index (χ0v) is 11.6. The van der Waals surface area contributed by atoms with E-state index >= 15 is 0 Å². The fraction of sp³-hybridized carbons (Fsp3) is 0.571. The predicted molar refractivity (Wildman–Crippen MR) is 74.8 cm³/mol. The molecule has 1 saturated carbocycles. The van der Waals surface area contributed by atoms with Gasteiger partial charge in [-0.25, -0.2) is 4.39 Å².